The Hall–Kier alpha value is -1.23. The van der Waals surface area contributed by atoms with Crippen molar-refractivity contribution in [2.45, 2.75) is 6.42 Å². The molecule has 2 nitrogen and oxygen atoms in total. The lowest BCUT2D eigenvalue weighted by atomic mass is 10.4. The summed E-state index contributed by atoms with van der Waals surface area (Å²) in [4.78, 5) is 9.75. The van der Waals surface area contributed by atoms with Gasteiger partial charge in [-0.15, -0.1) is 6.42 Å². The predicted molar refractivity (Wildman–Crippen MR) is 30.2 cm³/mol. The minimum absolute atomic E-state index is 0.00417. The predicted octanol–water partition coefficient (Wildman–Crippen LogP) is 0.650. The van der Waals surface area contributed by atoms with Crippen molar-refractivity contribution in [1.82, 2.24) is 0 Å². The number of allylic oxidation sites excluding steroid dienone is 1. The third-order valence-electron chi connectivity index (χ3n) is 0.507. The summed E-state index contributed by atoms with van der Waals surface area (Å²) in [5.74, 6) is 1.31. The van der Waals surface area contributed by atoms with Crippen molar-refractivity contribution in [2.75, 3.05) is 0 Å². The molecule has 0 radical (unpaired) electrons. The molecule has 2 heteroatoms. The Morgan fingerprint density at radius 2 is 2.50 bits per heavy atom. The van der Waals surface area contributed by atoms with Gasteiger partial charge in [-0.25, -0.2) is 0 Å². The molecule has 0 bridgehead atoms. The summed E-state index contributed by atoms with van der Waals surface area (Å²) in [5.41, 5.74) is 0. The lowest BCUT2D eigenvalue weighted by Crippen LogP contribution is -1.89. The maximum Gasteiger partial charge on any atom is 0.307 e. The van der Waals surface area contributed by atoms with Crippen LogP contribution in [0.3, 0.4) is 0 Å². The molecule has 0 saturated heterocycles. The first-order chi connectivity index (χ1) is 3.77. The fraction of sp³-hybridized carbons (Fsp3) is 0.167. The highest BCUT2D eigenvalue weighted by Crippen LogP contribution is 1.79. The third-order valence-corrected chi connectivity index (χ3v) is 0.507. The highest BCUT2D eigenvalue weighted by Gasteiger charge is 1.86. The number of carboxylic acids is 1. The van der Waals surface area contributed by atoms with Crippen LogP contribution in [0.25, 0.3) is 0 Å². The quantitative estimate of drug-likeness (QED) is 0.530. The van der Waals surface area contributed by atoms with Gasteiger partial charge in [0.05, 0.1) is 6.42 Å². The second-order valence-corrected chi connectivity index (χ2v) is 1.17. The zero-order valence-corrected chi connectivity index (χ0v) is 4.29. The SMILES string of the molecule is C#C/C=C/CC(=O)O. The van der Waals surface area contributed by atoms with Crippen LogP contribution in [0.5, 0.6) is 0 Å². The molecular formula is C6H6O2. The van der Waals surface area contributed by atoms with Crippen LogP contribution in [-0.2, 0) is 4.79 Å². The van der Waals surface area contributed by atoms with Gasteiger partial charge in [0.1, 0.15) is 0 Å². The Balaban J connectivity index is 3.34. The van der Waals surface area contributed by atoms with E-state index < -0.39 is 5.97 Å². The fourth-order valence-electron chi connectivity index (χ4n) is 0.228. The van der Waals surface area contributed by atoms with E-state index in [0.717, 1.165) is 0 Å². The summed E-state index contributed by atoms with van der Waals surface area (Å²) in [6.07, 6.45) is 7.58. The summed E-state index contributed by atoms with van der Waals surface area (Å²) in [6.45, 7) is 0. The van der Waals surface area contributed by atoms with Gasteiger partial charge in [0, 0.05) is 0 Å². The van der Waals surface area contributed by atoms with Crippen LogP contribution in [0.1, 0.15) is 6.42 Å². The summed E-state index contributed by atoms with van der Waals surface area (Å²) in [6, 6.07) is 0. The van der Waals surface area contributed by atoms with Gasteiger partial charge in [-0.1, -0.05) is 12.0 Å². The van der Waals surface area contributed by atoms with Crippen LogP contribution in [0.15, 0.2) is 12.2 Å². The summed E-state index contributed by atoms with van der Waals surface area (Å²) in [7, 11) is 0. The van der Waals surface area contributed by atoms with Crippen molar-refractivity contribution in [3.8, 4) is 12.3 Å². The highest BCUT2D eigenvalue weighted by molar-refractivity contribution is 5.68. The monoisotopic (exact) mass is 110 g/mol. The molecule has 0 heterocycles. The molecule has 0 fully saturated rings. The van der Waals surface area contributed by atoms with Crippen molar-refractivity contribution in [2.24, 2.45) is 0 Å². The van der Waals surface area contributed by atoms with E-state index in [4.69, 9.17) is 11.5 Å². The van der Waals surface area contributed by atoms with Crippen LogP contribution in [0.2, 0.25) is 0 Å². The first-order valence-electron chi connectivity index (χ1n) is 2.10. The van der Waals surface area contributed by atoms with Crippen LogP contribution in [-0.4, -0.2) is 11.1 Å². The van der Waals surface area contributed by atoms with Crippen molar-refractivity contribution in [3.63, 3.8) is 0 Å². The van der Waals surface area contributed by atoms with Crippen molar-refractivity contribution in [1.29, 1.82) is 0 Å². The number of hydrogen-bond acceptors (Lipinski definition) is 1. The van der Waals surface area contributed by atoms with E-state index >= 15 is 0 Å². The van der Waals surface area contributed by atoms with E-state index in [2.05, 4.69) is 5.92 Å². The lowest BCUT2D eigenvalue weighted by Gasteiger charge is -1.77. The van der Waals surface area contributed by atoms with Gasteiger partial charge in [0.15, 0.2) is 0 Å². The standard InChI is InChI=1S/C6H6O2/c1-2-3-4-5-6(7)8/h1,3-4H,5H2,(H,7,8)/b4-3+. The number of terminal acetylenes is 1. The summed E-state index contributed by atoms with van der Waals surface area (Å²) < 4.78 is 0. The van der Waals surface area contributed by atoms with Gasteiger partial charge in [-0.3, -0.25) is 4.79 Å². The minimum atomic E-state index is -0.864. The number of hydrogen-bond donors (Lipinski definition) is 1. The van der Waals surface area contributed by atoms with Crippen LogP contribution in [0, 0.1) is 12.3 Å². The van der Waals surface area contributed by atoms with E-state index in [1.807, 2.05) is 0 Å². The Bertz CT molecular complexity index is 139. The first-order valence-corrected chi connectivity index (χ1v) is 2.10. The second-order valence-electron chi connectivity index (χ2n) is 1.17. The smallest absolute Gasteiger partial charge is 0.307 e. The zero-order valence-electron chi connectivity index (χ0n) is 4.29. The normalized spacial score (nSPS) is 8.88. The molecule has 0 amide bonds. The summed E-state index contributed by atoms with van der Waals surface area (Å²) >= 11 is 0. The average molecular weight is 110 g/mol. The molecule has 1 N–H and O–H groups in total. The highest BCUT2D eigenvalue weighted by atomic mass is 16.4. The number of carbonyl (C=O) groups is 1. The lowest BCUT2D eigenvalue weighted by molar-refractivity contribution is -0.135. The molecule has 0 rings (SSSR count). The molecule has 0 saturated carbocycles. The van der Waals surface area contributed by atoms with Crippen LogP contribution in [0.4, 0.5) is 0 Å². The molecule has 0 aromatic heterocycles. The minimum Gasteiger partial charge on any atom is -0.481 e. The maximum atomic E-state index is 9.75. The third kappa shape index (κ3) is 4.77. The average Bonchev–Trinajstić information content (AvgIpc) is 1.66. The molecule has 0 aliphatic carbocycles. The van der Waals surface area contributed by atoms with E-state index in [1.54, 1.807) is 0 Å². The molecule has 0 unspecified atom stereocenters. The van der Waals surface area contributed by atoms with Crippen LogP contribution < -0.4 is 0 Å². The molecule has 0 spiro atoms. The van der Waals surface area contributed by atoms with E-state index in [9.17, 15) is 4.79 Å². The van der Waals surface area contributed by atoms with Gasteiger partial charge < -0.3 is 5.11 Å². The van der Waals surface area contributed by atoms with E-state index in [-0.39, 0.29) is 6.42 Å². The molecular weight excluding hydrogens is 104 g/mol. The van der Waals surface area contributed by atoms with Gasteiger partial charge >= 0.3 is 5.97 Å². The molecule has 0 aliphatic rings. The van der Waals surface area contributed by atoms with Gasteiger partial charge in [0.2, 0.25) is 0 Å². The zero-order chi connectivity index (χ0) is 6.41. The molecule has 42 valence electrons. The number of rotatable bonds is 2. The molecule has 0 atom stereocenters. The molecule has 8 heavy (non-hydrogen) atoms. The van der Waals surface area contributed by atoms with Crippen molar-refractivity contribution in [3.05, 3.63) is 12.2 Å². The van der Waals surface area contributed by atoms with Crippen molar-refractivity contribution < 1.29 is 9.90 Å². The largest absolute Gasteiger partial charge is 0.481 e. The van der Waals surface area contributed by atoms with E-state index in [0.29, 0.717) is 0 Å². The van der Waals surface area contributed by atoms with Gasteiger partial charge in [-0.05, 0) is 6.08 Å². The van der Waals surface area contributed by atoms with E-state index in [1.165, 1.54) is 12.2 Å². The Labute approximate surface area is 47.8 Å². The Morgan fingerprint density at radius 1 is 1.88 bits per heavy atom. The van der Waals surface area contributed by atoms with Crippen LogP contribution >= 0.6 is 0 Å². The number of aliphatic carboxylic acids is 1. The molecule has 0 aromatic rings. The Kier molecular flexibility index (Phi) is 3.34. The van der Waals surface area contributed by atoms with Gasteiger partial charge in [-0.2, -0.15) is 0 Å². The topological polar surface area (TPSA) is 37.3 Å². The second kappa shape index (κ2) is 3.94. The molecule has 0 aliphatic heterocycles. The summed E-state index contributed by atoms with van der Waals surface area (Å²) in [5, 5.41) is 8.02. The van der Waals surface area contributed by atoms with Gasteiger partial charge in [0.25, 0.3) is 0 Å². The molecule has 0 aromatic carbocycles. The maximum absolute atomic E-state index is 9.75. The first kappa shape index (κ1) is 6.77. The number of carboxylic acid groups (broad SMARTS) is 1. The Morgan fingerprint density at radius 3 is 2.88 bits per heavy atom. The fourth-order valence-corrected chi connectivity index (χ4v) is 0.228. The van der Waals surface area contributed by atoms with Crippen molar-refractivity contribution >= 4 is 5.97 Å².